The Balaban J connectivity index is 2.12. The van der Waals surface area contributed by atoms with Gasteiger partial charge in [0.15, 0.2) is 0 Å². The van der Waals surface area contributed by atoms with Gasteiger partial charge in [0.2, 0.25) is 5.88 Å². The highest BCUT2D eigenvalue weighted by Gasteiger charge is 2.07. The molecule has 2 N–H and O–H groups in total. The van der Waals surface area contributed by atoms with Crippen LogP contribution in [0.3, 0.4) is 0 Å². The number of hydrogen-bond donors (Lipinski definition) is 1. The first-order chi connectivity index (χ1) is 9.74. The molecule has 20 heavy (non-hydrogen) atoms. The molecule has 1 aromatic carbocycles. The molecule has 0 saturated carbocycles. The average molecular weight is 270 g/mol. The minimum absolute atomic E-state index is 0.434. The van der Waals surface area contributed by atoms with Crippen LogP contribution in [0.5, 0.6) is 11.6 Å². The van der Waals surface area contributed by atoms with Crippen molar-refractivity contribution >= 4 is 0 Å². The first-order valence-electron chi connectivity index (χ1n) is 7.16. The van der Waals surface area contributed by atoms with Crippen LogP contribution < -0.4 is 10.5 Å². The van der Waals surface area contributed by atoms with Crippen LogP contribution in [0.1, 0.15) is 36.5 Å². The molecule has 0 atom stereocenters. The molecule has 3 heteroatoms. The van der Waals surface area contributed by atoms with Crippen LogP contribution in [-0.4, -0.2) is 4.98 Å². The third-order valence-corrected chi connectivity index (χ3v) is 3.41. The molecule has 0 fully saturated rings. The molecule has 0 aliphatic rings. The molecule has 0 unspecified atom stereocenters. The largest absolute Gasteiger partial charge is 0.439 e. The van der Waals surface area contributed by atoms with Gasteiger partial charge in [0.05, 0.1) is 0 Å². The second-order valence-electron chi connectivity index (χ2n) is 4.97. The lowest BCUT2D eigenvalue weighted by Gasteiger charge is -2.11. The average Bonchev–Trinajstić information content (AvgIpc) is 2.47. The van der Waals surface area contributed by atoms with E-state index in [0.29, 0.717) is 12.4 Å². The topological polar surface area (TPSA) is 48.1 Å². The number of ether oxygens (including phenoxy) is 1. The predicted octanol–water partition coefficient (Wildman–Crippen LogP) is 3.98. The number of nitrogens with zero attached hydrogens (tertiary/aromatic N) is 1. The van der Waals surface area contributed by atoms with E-state index in [-0.39, 0.29) is 0 Å². The van der Waals surface area contributed by atoms with Crippen molar-refractivity contribution in [3.63, 3.8) is 0 Å². The Kier molecular flexibility index (Phi) is 5.13. The van der Waals surface area contributed by atoms with Crippen molar-refractivity contribution in [1.29, 1.82) is 0 Å². The fraction of sp³-hybridized carbons (Fsp3) is 0.353. The number of pyridine rings is 1. The molecule has 0 saturated heterocycles. The Hall–Kier alpha value is -1.87. The number of aryl methyl sites for hydroxylation is 2. The summed E-state index contributed by atoms with van der Waals surface area (Å²) >= 11 is 0. The van der Waals surface area contributed by atoms with Gasteiger partial charge >= 0.3 is 0 Å². The zero-order valence-corrected chi connectivity index (χ0v) is 12.2. The SMILES string of the molecule is CCCCc1ccc(Oc2nccc(C)c2CN)cc1. The molecule has 1 aromatic heterocycles. The first-order valence-corrected chi connectivity index (χ1v) is 7.16. The lowest BCUT2D eigenvalue weighted by atomic mass is 10.1. The van der Waals surface area contributed by atoms with Crippen molar-refractivity contribution in [2.45, 2.75) is 39.7 Å². The summed E-state index contributed by atoms with van der Waals surface area (Å²) in [6, 6.07) is 10.2. The molecule has 2 aromatic rings. The first kappa shape index (κ1) is 14.5. The van der Waals surface area contributed by atoms with E-state index >= 15 is 0 Å². The summed E-state index contributed by atoms with van der Waals surface area (Å²) in [5.74, 6) is 1.41. The van der Waals surface area contributed by atoms with Crippen molar-refractivity contribution < 1.29 is 4.74 Å². The molecular weight excluding hydrogens is 248 g/mol. The van der Waals surface area contributed by atoms with Gasteiger partial charge in [0.25, 0.3) is 0 Å². The van der Waals surface area contributed by atoms with Gasteiger partial charge in [-0.05, 0) is 49.1 Å². The number of hydrogen-bond acceptors (Lipinski definition) is 3. The molecule has 2 rings (SSSR count). The van der Waals surface area contributed by atoms with Gasteiger partial charge in [-0.3, -0.25) is 0 Å². The molecule has 0 bridgehead atoms. The standard InChI is InChI=1S/C17H22N2O/c1-3-4-5-14-6-8-15(9-7-14)20-17-16(12-18)13(2)10-11-19-17/h6-11H,3-5,12,18H2,1-2H3. The van der Waals surface area contributed by atoms with Crippen LogP contribution >= 0.6 is 0 Å². The van der Waals surface area contributed by atoms with Gasteiger partial charge in [0, 0.05) is 18.3 Å². The Bertz CT molecular complexity index is 549. The third kappa shape index (κ3) is 3.58. The maximum absolute atomic E-state index is 5.85. The van der Waals surface area contributed by atoms with E-state index in [2.05, 4.69) is 24.0 Å². The third-order valence-electron chi connectivity index (χ3n) is 3.41. The van der Waals surface area contributed by atoms with Crippen molar-refractivity contribution in [2.24, 2.45) is 5.73 Å². The van der Waals surface area contributed by atoms with E-state index < -0.39 is 0 Å². The van der Waals surface area contributed by atoms with E-state index in [0.717, 1.165) is 23.3 Å². The molecule has 0 radical (unpaired) electrons. The van der Waals surface area contributed by atoms with Gasteiger partial charge in [-0.2, -0.15) is 0 Å². The maximum atomic E-state index is 5.85. The van der Waals surface area contributed by atoms with E-state index in [1.165, 1.54) is 18.4 Å². The van der Waals surface area contributed by atoms with Crippen molar-refractivity contribution in [3.8, 4) is 11.6 Å². The van der Waals surface area contributed by atoms with E-state index in [4.69, 9.17) is 10.5 Å². The lowest BCUT2D eigenvalue weighted by Crippen LogP contribution is -2.03. The number of aromatic nitrogens is 1. The van der Waals surface area contributed by atoms with Crippen LogP contribution in [-0.2, 0) is 13.0 Å². The lowest BCUT2D eigenvalue weighted by molar-refractivity contribution is 0.455. The molecule has 1 heterocycles. The summed E-state index contributed by atoms with van der Waals surface area (Å²) in [6.07, 6.45) is 5.30. The van der Waals surface area contributed by atoms with Gasteiger partial charge < -0.3 is 10.5 Å². The van der Waals surface area contributed by atoms with Crippen LogP contribution in [0, 0.1) is 6.92 Å². The summed E-state index contributed by atoms with van der Waals surface area (Å²) in [5.41, 5.74) is 9.18. The summed E-state index contributed by atoms with van der Waals surface area (Å²) in [6.45, 7) is 4.66. The molecule has 106 valence electrons. The summed E-state index contributed by atoms with van der Waals surface area (Å²) in [7, 11) is 0. The van der Waals surface area contributed by atoms with Crippen LogP contribution in [0.15, 0.2) is 36.5 Å². The van der Waals surface area contributed by atoms with Crippen molar-refractivity contribution in [1.82, 2.24) is 4.98 Å². The smallest absolute Gasteiger partial charge is 0.223 e. The fourth-order valence-corrected chi connectivity index (χ4v) is 2.12. The fourth-order valence-electron chi connectivity index (χ4n) is 2.12. The highest BCUT2D eigenvalue weighted by Crippen LogP contribution is 2.25. The summed E-state index contributed by atoms with van der Waals surface area (Å²) in [4.78, 5) is 4.28. The van der Waals surface area contributed by atoms with E-state index in [1.807, 2.05) is 25.1 Å². The van der Waals surface area contributed by atoms with Gasteiger partial charge in [-0.1, -0.05) is 25.5 Å². The normalized spacial score (nSPS) is 10.6. The highest BCUT2D eigenvalue weighted by atomic mass is 16.5. The molecule has 0 aliphatic heterocycles. The summed E-state index contributed by atoms with van der Waals surface area (Å²) < 4.78 is 5.85. The number of unbranched alkanes of at least 4 members (excludes halogenated alkanes) is 1. The number of benzene rings is 1. The predicted molar refractivity (Wildman–Crippen MR) is 82.0 cm³/mol. The van der Waals surface area contributed by atoms with Crippen molar-refractivity contribution in [2.75, 3.05) is 0 Å². The van der Waals surface area contributed by atoms with Crippen molar-refractivity contribution in [3.05, 3.63) is 53.2 Å². The Morgan fingerprint density at radius 1 is 1.15 bits per heavy atom. The minimum atomic E-state index is 0.434. The molecule has 0 amide bonds. The van der Waals surface area contributed by atoms with E-state index in [9.17, 15) is 0 Å². The molecule has 0 aliphatic carbocycles. The Labute approximate surface area is 120 Å². The quantitative estimate of drug-likeness (QED) is 0.863. The number of rotatable bonds is 6. The zero-order chi connectivity index (χ0) is 14.4. The molecule has 3 nitrogen and oxygen atoms in total. The van der Waals surface area contributed by atoms with Crippen LogP contribution in [0.2, 0.25) is 0 Å². The Morgan fingerprint density at radius 2 is 1.90 bits per heavy atom. The minimum Gasteiger partial charge on any atom is -0.439 e. The Morgan fingerprint density at radius 3 is 2.55 bits per heavy atom. The van der Waals surface area contributed by atoms with E-state index in [1.54, 1.807) is 6.20 Å². The van der Waals surface area contributed by atoms with Gasteiger partial charge in [-0.25, -0.2) is 4.98 Å². The zero-order valence-electron chi connectivity index (χ0n) is 12.2. The second kappa shape index (κ2) is 7.06. The van der Waals surface area contributed by atoms with Gasteiger partial charge in [0.1, 0.15) is 5.75 Å². The summed E-state index contributed by atoms with van der Waals surface area (Å²) in [5, 5.41) is 0. The monoisotopic (exact) mass is 270 g/mol. The maximum Gasteiger partial charge on any atom is 0.223 e. The second-order valence-corrected chi connectivity index (χ2v) is 4.97. The van der Waals surface area contributed by atoms with Crippen LogP contribution in [0.25, 0.3) is 0 Å². The number of nitrogens with two attached hydrogens (primary N) is 1. The van der Waals surface area contributed by atoms with Gasteiger partial charge in [-0.15, -0.1) is 0 Å². The van der Waals surface area contributed by atoms with Crippen LogP contribution in [0.4, 0.5) is 0 Å². The molecular formula is C17H22N2O. The molecule has 0 spiro atoms. The highest BCUT2D eigenvalue weighted by molar-refractivity contribution is 5.37.